The summed E-state index contributed by atoms with van der Waals surface area (Å²) in [4.78, 5) is 15.5. The van der Waals surface area contributed by atoms with Crippen LogP contribution in [0.5, 0.6) is 0 Å². The highest BCUT2D eigenvalue weighted by atomic mass is 19.1. The third-order valence-electron chi connectivity index (χ3n) is 2.80. The van der Waals surface area contributed by atoms with Crippen LogP contribution in [0.2, 0.25) is 0 Å². The van der Waals surface area contributed by atoms with Crippen molar-refractivity contribution in [3.8, 4) is 5.69 Å². The van der Waals surface area contributed by atoms with Gasteiger partial charge in [-0.2, -0.15) is 0 Å². The van der Waals surface area contributed by atoms with Crippen LogP contribution in [-0.2, 0) is 4.74 Å². The molecule has 0 atom stereocenters. The lowest BCUT2D eigenvalue weighted by atomic mass is 10.2. The molecule has 2 N–H and O–H groups in total. The number of anilines is 1. The number of nitrogens with zero attached hydrogens (tertiary/aromatic N) is 2. The van der Waals surface area contributed by atoms with Crippen molar-refractivity contribution < 1.29 is 13.9 Å². The zero-order chi connectivity index (χ0) is 14.2. The number of hydrogen-bond donors (Lipinski definition) is 1. The number of methoxy groups -OCH3 is 1. The standard InChI is InChI=1S/C13H14FN3O2/c1-7-4-5-9(14)10(6-7)17-8(2)16-11(12(17)15)13(18)19-3/h4-6H,15H2,1-3H3. The van der Waals surface area contributed by atoms with E-state index in [2.05, 4.69) is 9.72 Å². The van der Waals surface area contributed by atoms with Crippen molar-refractivity contribution in [1.29, 1.82) is 0 Å². The maximum Gasteiger partial charge on any atom is 0.360 e. The van der Waals surface area contributed by atoms with E-state index in [4.69, 9.17) is 5.73 Å². The molecule has 6 heteroatoms. The van der Waals surface area contributed by atoms with Gasteiger partial charge >= 0.3 is 5.97 Å². The van der Waals surface area contributed by atoms with Gasteiger partial charge in [-0.3, -0.25) is 4.57 Å². The number of ether oxygens (including phenoxy) is 1. The molecule has 19 heavy (non-hydrogen) atoms. The summed E-state index contributed by atoms with van der Waals surface area (Å²) in [5.74, 6) is -0.599. The van der Waals surface area contributed by atoms with Crippen molar-refractivity contribution in [2.24, 2.45) is 0 Å². The highest BCUT2D eigenvalue weighted by molar-refractivity contribution is 5.92. The van der Waals surface area contributed by atoms with Gasteiger partial charge in [0.15, 0.2) is 5.69 Å². The summed E-state index contributed by atoms with van der Waals surface area (Å²) in [5, 5.41) is 0. The van der Waals surface area contributed by atoms with Crippen molar-refractivity contribution >= 4 is 11.8 Å². The van der Waals surface area contributed by atoms with E-state index in [1.807, 2.05) is 6.92 Å². The minimum atomic E-state index is -0.646. The van der Waals surface area contributed by atoms with E-state index < -0.39 is 11.8 Å². The molecule has 0 aliphatic rings. The highest BCUT2D eigenvalue weighted by Gasteiger charge is 2.21. The number of aryl methyl sites for hydroxylation is 2. The van der Waals surface area contributed by atoms with Gasteiger partial charge in [0.2, 0.25) is 0 Å². The van der Waals surface area contributed by atoms with Gasteiger partial charge in [0.05, 0.1) is 12.8 Å². The molecule has 1 aromatic heterocycles. The summed E-state index contributed by atoms with van der Waals surface area (Å²) in [5.41, 5.74) is 6.99. The molecule has 0 fully saturated rings. The molecule has 0 amide bonds. The molecule has 1 heterocycles. The van der Waals surface area contributed by atoms with Crippen molar-refractivity contribution in [2.75, 3.05) is 12.8 Å². The van der Waals surface area contributed by atoms with Gasteiger partial charge in [-0.05, 0) is 31.5 Å². The second-order valence-electron chi connectivity index (χ2n) is 4.17. The molecule has 2 rings (SSSR count). The number of benzene rings is 1. The Morgan fingerprint density at radius 2 is 2.11 bits per heavy atom. The zero-order valence-corrected chi connectivity index (χ0v) is 10.9. The van der Waals surface area contributed by atoms with Crippen molar-refractivity contribution in [3.63, 3.8) is 0 Å². The lowest BCUT2D eigenvalue weighted by Crippen LogP contribution is -2.08. The van der Waals surface area contributed by atoms with E-state index in [0.717, 1.165) is 5.56 Å². The zero-order valence-electron chi connectivity index (χ0n) is 10.9. The topological polar surface area (TPSA) is 70.1 Å². The molecule has 100 valence electrons. The summed E-state index contributed by atoms with van der Waals surface area (Å²) in [6, 6.07) is 4.64. The molecule has 0 radical (unpaired) electrons. The normalized spacial score (nSPS) is 10.5. The Morgan fingerprint density at radius 1 is 1.42 bits per heavy atom. The van der Waals surface area contributed by atoms with E-state index in [1.165, 1.54) is 17.7 Å². The largest absolute Gasteiger partial charge is 0.464 e. The van der Waals surface area contributed by atoms with Gasteiger partial charge in [-0.15, -0.1) is 0 Å². The molecule has 0 spiro atoms. The molecule has 0 saturated heterocycles. The molecular formula is C13H14FN3O2. The van der Waals surface area contributed by atoms with Gasteiger partial charge in [0.25, 0.3) is 0 Å². The highest BCUT2D eigenvalue weighted by Crippen LogP contribution is 2.24. The number of aromatic nitrogens is 2. The number of rotatable bonds is 2. The predicted molar refractivity (Wildman–Crippen MR) is 68.7 cm³/mol. The van der Waals surface area contributed by atoms with E-state index in [0.29, 0.717) is 5.82 Å². The number of nitrogen functional groups attached to an aromatic ring is 1. The second-order valence-corrected chi connectivity index (χ2v) is 4.17. The van der Waals surface area contributed by atoms with Crippen LogP contribution in [0.1, 0.15) is 21.9 Å². The minimum Gasteiger partial charge on any atom is -0.464 e. The number of hydrogen-bond acceptors (Lipinski definition) is 4. The first-order valence-corrected chi connectivity index (χ1v) is 5.65. The summed E-state index contributed by atoms with van der Waals surface area (Å²) < 4.78 is 19.9. The molecule has 0 saturated carbocycles. The lowest BCUT2D eigenvalue weighted by molar-refractivity contribution is 0.0596. The van der Waals surface area contributed by atoms with Crippen LogP contribution in [0.3, 0.4) is 0 Å². The van der Waals surface area contributed by atoms with E-state index in [-0.39, 0.29) is 17.2 Å². The molecule has 0 bridgehead atoms. The summed E-state index contributed by atoms with van der Waals surface area (Å²) in [6.45, 7) is 3.48. The maximum atomic E-state index is 13.9. The Bertz CT molecular complexity index is 650. The summed E-state index contributed by atoms with van der Waals surface area (Å²) in [6.07, 6.45) is 0. The lowest BCUT2D eigenvalue weighted by Gasteiger charge is -2.09. The number of esters is 1. The van der Waals surface area contributed by atoms with Crippen LogP contribution >= 0.6 is 0 Å². The first kappa shape index (κ1) is 13.1. The molecule has 2 aromatic rings. The number of carbonyl (C=O) groups excluding carboxylic acids is 1. The summed E-state index contributed by atoms with van der Waals surface area (Å²) >= 11 is 0. The number of halogens is 1. The molecular weight excluding hydrogens is 249 g/mol. The van der Waals surface area contributed by atoms with Crippen LogP contribution in [0.4, 0.5) is 10.2 Å². The Balaban J connectivity index is 2.66. The van der Waals surface area contributed by atoms with Crippen molar-refractivity contribution in [3.05, 3.63) is 41.1 Å². The molecule has 0 aliphatic carbocycles. The smallest absolute Gasteiger partial charge is 0.360 e. The van der Waals surface area contributed by atoms with Gasteiger partial charge in [-0.25, -0.2) is 14.2 Å². The van der Waals surface area contributed by atoms with Gasteiger partial charge in [-0.1, -0.05) is 6.07 Å². The van der Waals surface area contributed by atoms with Gasteiger partial charge < -0.3 is 10.5 Å². The number of nitrogens with two attached hydrogens (primary N) is 1. The van der Waals surface area contributed by atoms with Crippen molar-refractivity contribution in [1.82, 2.24) is 9.55 Å². The first-order chi connectivity index (χ1) is 8.95. The Hall–Kier alpha value is -2.37. The summed E-state index contributed by atoms with van der Waals surface area (Å²) in [7, 11) is 1.24. The van der Waals surface area contributed by atoms with Crippen LogP contribution < -0.4 is 5.73 Å². The molecule has 1 aromatic carbocycles. The first-order valence-electron chi connectivity index (χ1n) is 5.65. The molecule has 0 aliphatic heterocycles. The van der Waals surface area contributed by atoms with Crippen LogP contribution in [-0.4, -0.2) is 22.6 Å². The quantitative estimate of drug-likeness (QED) is 0.841. The van der Waals surface area contributed by atoms with Gasteiger partial charge in [0, 0.05) is 0 Å². The second kappa shape index (κ2) is 4.72. The fourth-order valence-corrected chi connectivity index (χ4v) is 1.89. The van der Waals surface area contributed by atoms with Crippen LogP contribution in [0.15, 0.2) is 18.2 Å². The van der Waals surface area contributed by atoms with E-state index in [1.54, 1.807) is 19.1 Å². The number of carbonyl (C=O) groups is 1. The molecule has 5 nitrogen and oxygen atoms in total. The van der Waals surface area contributed by atoms with Crippen molar-refractivity contribution in [2.45, 2.75) is 13.8 Å². The Morgan fingerprint density at radius 3 is 2.74 bits per heavy atom. The van der Waals surface area contributed by atoms with E-state index in [9.17, 15) is 9.18 Å². The molecule has 0 unspecified atom stereocenters. The average Bonchev–Trinajstić information content (AvgIpc) is 2.67. The fraction of sp³-hybridized carbons (Fsp3) is 0.231. The van der Waals surface area contributed by atoms with E-state index >= 15 is 0 Å². The third kappa shape index (κ3) is 2.16. The minimum absolute atomic E-state index is 0.0130. The van der Waals surface area contributed by atoms with Crippen LogP contribution in [0.25, 0.3) is 5.69 Å². The van der Waals surface area contributed by atoms with Crippen LogP contribution in [0, 0.1) is 19.7 Å². The monoisotopic (exact) mass is 263 g/mol. The Kier molecular flexibility index (Phi) is 3.25. The average molecular weight is 263 g/mol. The maximum absolute atomic E-state index is 13.9. The SMILES string of the molecule is COC(=O)c1nc(C)n(-c2cc(C)ccc2F)c1N. The predicted octanol–water partition coefficient (Wildman–Crippen LogP) is 2.00. The van der Waals surface area contributed by atoms with Gasteiger partial charge in [0.1, 0.15) is 17.5 Å². The fourth-order valence-electron chi connectivity index (χ4n) is 1.89. The number of imidazole rings is 1. The Labute approximate surface area is 109 Å². The third-order valence-corrected chi connectivity index (χ3v) is 2.80.